The van der Waals surface area contributed by atoms with Gasteiger partial charge < -0.3 is 11.1 Å². The molecule has 3 N–H and O–H groups in total. The van der Waals surface area contributed by atoms with Crippen LogP contribution in [0.3, 0.4) is 0 Å². The van der Waals surface area contributed by atoms with Crippen LogP contribution in [0.2, 0.25) is 0 Å². The lowest BCUT2D eigenvalue weighted by atomic mass is 9.92. The lowest BCUT2D eigenvalue weighted by molar-refractivity contribution is 0.412. The first-order chi connectivity index (χ1) is 6.68. The molecule has 76 valence electrons. The smallest absolute Gasteiger partial charge is 0.123 e. The van der Waals surface area contributed by atoms with Crippen LogP contribution in [0.15, 0.2) is 18.3 Å². The maximum atomic E-state index is 5.64. The molecule has 3 nitrogen and oxygen atoms in total. The zero-order chi connectivity index (χ0) is 10.0. The van der Waals surface area contributed by atoms with Gasteiger partial charge in [-0.3, -0.25) is 0 Å². The predicted octanol–water partition coefficient (Wildman–Crippen LogP) is 1.35. The maximum Gasteiger partial charge on any atom is 0.123 e. The second-order valence-electron chi connectivity index (χ2n) is 4.36. The number of rotatable bonds is 2. The van der Waals surface area contributed by atoms with E-state index in [-0.39, 0.29) is 5.54 Å². The van der Waals surface area contributed by atoms with E-state index < -0.39 is 0 Å². The summed E-state index contributed by atoms with van der Waals surface area (Å²) in [5, 5.41) is 3.54. The highest BCUT2D eigenvalue weighted by atomic mass is 15.0. The fourth-order valence-electron chi connectivity index (χ4n) is 2.16. The number of nitrogens with two attached hydrogens (primary N) is 1. The third kappa shape index (κ3) is 2.04. The van der Waals surface area contributed by atoms with Gasteiger partial charge in [0.15, 0.2) is 0 Å². The Morgan fingerprint density at radius 3 is 3.14 bits per heavy atom. The molecule has 1 aliphatic heterocycles. The minimum absolute atomic E-state index is 0.258. The Morgan fingerprint density at radius 1 is 1.64 bits per heavy atom. The largest absolute Gasteiger partial charge is 0.384 e. The number of pyridine rings is 1. The molecule has 1 aliphatic rings. The van der Waals surface area contributed by atoms with Gasteiger partial charge in [-0.15, -0.1) is 0 Å². The van der Waals surface area contributed by atoms with Gasteiger partial charge in [-0.25, -0.2) is 4.98 Å². The maximum absolute atomic E-state index is 5.64. The van der Waals surface area contributed by atoms with Gasteiger partial charge in [-0.05, 0) is 50.4 Å². The van der Waals surface area contributed by atoms with E-state index in [1.165, 1.54) is 18.4 Å². The van der Waals surface area contributed by atoms with Gasteiger partial charge in [-0.2, -0.15) is 0 Å². The van der Waals surface area contributed by atoms with Gasteiger partial charge in [0.2, 0.25) is 0 Å². The van der Waals surface area contributed by atoms with Crippen LogP contribution < -0.4 is 11.1 Å². The van der Waals surface area contributed by atoms with E-state index in [4.69, 9.17) is 5.73 Å². The van der Waals surface area contributed by atoms with Crippen molar-refractivity contribution in [1.82, 2.24) is 10.3 Å². The molecule has 0 spiro atoms. The topological polar surface area (TPSA) is 50.9 Å². The number of nitrogens with zero attached hydrogens (tertiary/aromatic N) is 1. The van der Waals surface area contributed by atoms with Crippen LogP contribution in [-0.2, 0) is 6.42 Å². The number of anilines is 1. The zero-order valence-electron chi connectivity index (χ0n) is 8.59. The number of nitrogen functional groups attached to an aromatic ring is 1. The molecule has 3 heteroatoms. The number of nitrogens with one attached hydrogen (secondary N) is 1. The monoisotopic (exact) mass is 191 g/mol. The Bertz CT molecular complexity index is 316. The molecule has 1 saturated heterocycles. The molecule has 14 heavy (non-hydrogen) atoms. The zero-order valence-corrected chi connectivity index (χ0v) is 8.59. The first-order valence-corrected chi connectivity index (χ1v) is 5.13. The van der Waals surface area contributed by atoms with Crippen molar-refractivity contribution < 1.29 is 0 Å². The second-order valence-corrected chi connectivity index (χ2v) is 4.36. The highest BCUT2D eigenvalue weighted by Crippen LogP contribution is 2.23. The summed E-state index contributed by atoms with van der Waals surface area (Å²) >= 11 is 0. The van der Waals surface area contributed by atoms with Crippen molar-refractivity contribution in [2.45, 2.75) is 31.7 Å². The molecule has 0 aliphatic carbocycles. The minimum Gasteiger partial charge on any atom is -0.384 e. The fourth-order valence-corrected chi connectivity index (χ4v) is 2.16. The summed E-state index contributed by atoms with van der Waals surface area (Å²) in [4.78, 5) is 3.99. The fraction of sp³-hybridized carbons (Fsp3) is 0.545. The molecule has 0 radical (unpaired) electrons. The predicted molar refractivity (Wildman–Crippen MR) is 58.0 cm³/mol. The molecule has 0 bridgehead atoms. The molecule has 1 aromatic rings. The Balaban J connectivity index is 2.10. The molecule has 0 saturated carbocycles. The molecular formula is C11H17N3. The molecule has 1 fully saturated rings. The van der Waals surface area contributed by atoms with E-state index in [0.29, 0.717) is 5.82 Å². The van der Waals surface area contributed by atoms with E-state index in [2.05, 4.69) is 17.2 Å². The Labute approximate surface area is 84.7 Å². The van der Waals surface area contributed by atoms with Crippen molar-refractivity contribution in [2.75, 3.05) is 12.3 Å². The van der Waals surface area contributed by atoms with Crippen LogP contribution >= 0.6 is 0 Å². The second kappa shape index (κ2) is 3.58. The van der Waals surface area contributed by atoms with Crippen LogP contribution in [0.5, 0.6) is 0 Å². The van der Waals surface area contributed by atoms with Crippen molar-refractivity contribution in [3.05, 3.63) is 23.9 Å². The van der Waals surface area contributed by atoms with Crippen LogP contribution in [0.25, 0.3) is 0 Å². The SMILES string of the molecule is CC1(Cc2ccnc(N)c2)CCCN1. The molecule has 0 amide bonds. The average molecular weight is 191 g/mol. The van der Waals surface area contributed by atoms with Crippen molar-refractivity contribution >= 4 is 5.82 Å². The summed E-state index contributed by atoms with van der Waals surface area (Å²) in [6, 6.07) is 4.01. The highest BCUT2D eigenvalue weighted by Gasteiger charge is 2.27. The lowest BCUT2D eigenvalue weighted by Crippen LogP contribution is -2.38. The first-order valence-electron chi connectivity index (χ1n) is 5.13. The highest BCUT2D eigenvalue weighted by molar-refractivity contribution is 5.32. The molecular weight excluding hydrogens is 174 g/mol. The summed E-state index contributed by atoms with van der Waals surface area (Å²) in [5.41, 5.74) is 7.17. The van der Waals surface area contributed by atoms with Gasteiger partial charge >= 0.3 is 0 Å². The van der Waals surface area contributed by atoms with Crippen molar-refractivity contribution in [2.24, 2.45) is 0 Å². The molecule has 1 unspecified atom stereocenters. The molecule has 2 heterocycles. The lowest BCUT2D eigenvalue weighted by Gasteiger charge is -2.24. The van der Waals surface area contributed by atoms with E-state index in [1.54, 1.807) is 6.20 Å². The van der Waals surface area contributed by atoms with Crippen LogP contribution in [-0.4, -0.2) is 17.1 Å². The minimum atomic E-state index is 0.258. The van der Waals surface area contributed by atoms with E-state index in [9.17, 15) is 0 Å². The summed E-state index contributed by atoms with van der Waals surface area (Å²) in [6.45, 7) is 3.41. The Hall–Kier alpha value is -1.09. The molecule has 2 rings (SSSR count). The summed E-state index contributed by atoms with van der Waals surface area (Å²) in [7, 11) is 0. The van der Waals surface area contributed by atoms with Gasteiger partial charge in [0.1, 0.15) is 5.82 Å². The summed E-state index contributed by atoms with van der Waals surface area (Å²) in [5.74, 6) is 0.615. The van der Waals surface area contributed by atoms with Gasteiger partial charge in [0, 0.05) is 11.7 Å². The Kier molecular flexibility index (Phi) is 2.42. The van der Waals surface area contributed by atoms with Crippen molar-refractivity contribution in [1.29, 1.82) is 0 Å². The normalized spacial score (nSPS) is 26.6. The summed E-state index contributed by atoms with van der Waals surface area (Å²) in [6.07, 6.45) is 5.34. The average Bonchev–Trinajstić information content (AvgIpc) is 2.51. The van der Waals surface area contributed by atoms with Gasteiger partial charge in [-0.1, -0.05) is 0 Å². The third-order valence-electron chi connectivity index (χ3n) is 2.90. The standard InChI is InChI=1S/C11H17N3/c1-11(4-2-5-14-11)8-9-3-6-13-10(12)7-9/h3,6-7,14H,2,4-5,8H2,1H3,(H2,12,13). The quantitative estimate of drug-likeness (QED) is 0.742. The van der Waals surface area contributed by atoms with Gasteiger partial charge in [0.25, 0.3) is 0 Å². The molecule has 1 aromatic heterocycles. The van der Waals surface area contributed by atoms with E-state index in [0.717, 1.165) is 13.0 Å². The Morgan fingerprint density at radius 2 is 2.50 bits per heavy atom. The first kappa shape index (κ1) is 9.46. The van der Waals surface area contributed by atoms with Crippen molar-refractivity contribution in [3.63, 3.8) is 0 Å². The van der Waals surface area contributed by atoms with Gasteiger partial charge in [0.05, 0.1) is 0 Å². The third-order valence-corrected chi connectivity index (χ3v) is 2.90. The molecule has 0 aromatic carbocycles. The summed E-state index contributed by atoms with van der Waals surface area (Å²) < 4.78 is 0. The van der Waals surface area contributed by atoms with Crippen molar-refractivity contribution in [3.8, 4) is 0 Å². The van der Waals surface area contributed by atoms with Crippen LogP contribution in [0, 0.1) is 0 Å². The van der Waals surface area contributed by atoms with Crippen LogP contribution in [0.1, 0.15) is 25.3 Å². The van der Waals surface area contributed by atoms with E-state index >= 15 is 0 Å². The number of hydrogen-bond acceptors (Lipinski definition) is 3. The number of hydrogen-bond donors (Lipinski definition) is 2. The molecule has 1 atom stereocenters. The number of aromatic nitrogens is 1. The van der Waals surface area contributed by atoms with E-state index in [1.807, 2.05) is 12.1 Å². The van der Waals surface area contributed by atoms with Crippen LogP contribution in [0.4, 0.5) is 5.82 Å².